The largest absolute Gasteiger partial charge is 0.306 e. The molecule has 0 amide bonds. The molecule has 3 heteroatoms. The third-order valence-corrected chi connectivity index (χ3v) is 1.57. The summed E-state index contributed by atoms with van der Waals surface area (Å²) in [5, 5.41) is 0. The molecule has 3 nitrogen and oxygen atoms in total. The van der Waals surface area contributed by atoms with Crippen LogP contribution in [0.2, 0.25) is 0 Å². The highest BCUT2D eigenvalue weighted by molar-refractivity contribution is 5.75. The van der Waals surface area contributed by atoms with E-state index in [2.05, 4.69) is 4.98 Å². The second-order valence-corrected chi connectivity index (χ2v) is 2.31. The number of nitrogens with zero attached hydrogens (tertiary/aromatic N) is 2. The van der Waals surface area contributed by atoms with Gasteiger partial charge in [0.15, 0.2) is 6.29 Å². The van der Waals surface area contributed by atoms with Crippen LogP contribution in [0.5, 0.6) is 0 Å². The minimum Gasteiger partial charge on any atom is -0.306 e. The molecule has 54 valence electrons. The SMILES string of the molecule is O=Cc1ccc2cncn2c1. The quantitative estimate of drug-likeness (QED) is 0.565. The number of hydrogen-bond donors (Lipinski definition) is 0. The lowest BCUT2D eigenvalue weighted by atomic mass is 10.3. The van der Waals surface area contributed by atoms with Crippen molar-refractivity contribution in [1.29, 1.82) is 0 Å². The maximum absolute atomic E-state index is 10.3. The summed E-state index contributed by atoms with van der Waals surface area (Å²) in [6.45, 7) is 0. The van der Waals surface area contributed by atoms with E-state index in [1.165, 1.54) is 0 Å². The average Bonchev–Trinajstić information content (AvgIpc) is 2.50. The zero-order chi connectivity index (χ0) is 7.68. The van der Waals surface area contributed by atoms with Gasteiger partial charge in [0.1, 0.15) is 0 Å². The predicted molar refractivity (Wildman–Crippen MR) is 40.6 cm³/mol. The van der Waals surface area contributed by atoms with E-state index in [9.17, 15) is 4.79 Å². The van der Waals surface area contributed by atoms with Crippen molar-refractivity contribution < 1.29 is 4.79 Å². The number of aldehydes is 1. The van der Waals surface area contributed by atoms with Crippen LogP contribution in [-0.2, 0) is 0 Å². The van der Waals surface area contributed by atoms with Crippen molar-refractivity contribution >= 4 is 11.8 Å². The van der Waals surface area contributed by atoms with Gasteiger partial charge in [0.2, 0.25) is 0 Å². The second-order valence-electron chi connectivity index (χ2n) is 2.31. The first-order chi connectivity index (χ1) is 5.40. The molecule has 0 N–H and O–H groups in total. The van der Waals surface area contributed by atoms with Crippen LogP contribution in [0.4, 0.5) is 0 Å². The lowest BCUT2D eigenvalue weighted by molar-refractivity contribution is 0.112. The summed E-state index contributed by atoms with van der Waals surface area (Å²) in [4.78, 5) is 14.3. The number of hydrogen-bond acceptors (Lipinski definition) is 2. The standard InChI is InChI=1S/C8H6N2O/c11-5-7-1-2-8-3-9-6-10(8)4-7/h1-6H. The van der Waals surface area contributed by atoms with Crippen LogP contribution in [0.3, 0.4) is 0 Å². The molecule has 2 rings (SSSR count). The van der Waals surface area contributed by atoms with E-state index in [-0.39, 0.29) is 0 Å². The molecule has 0 radical (unpaired) electrons. The summed E-state index contributed by atoms with van der Waals surface area (Å²) in [6, 6.07) is 3.63. The predicted octanol–water partition coefficient (Wildman–Crippen LogP) is 1.15. The maximum atomic E-state index is 10.3. The molecule has 2 aromatic rings. The molecule has 0 fully saturated rings. The summed E-state index contributed by atoms with van der Waals surface area (Å²) in [7, 11) is 0. The van der Waals surface area contributed by atoms with E-state index in [4.69, 9.17) is 0 Å². The summed E-state index contributed by atoms with van der Waals surface area (Å²) in [5.74, 6) is 0. The van der Waals surface area contributed by atoms with Crippen molar-refractivity contribution in [2.75, 3.05) is 0 Å². The van der Waals surface area contributed by atoms with Gasteiger partial charge in [-0.25, -0.2) is 4.98 Å². The first-order valence-electron chi connectivity index (χ1n) is 3.27. The Morgan fingerprint density at radius 2 is 2.36 bits per heavy atom. The van der Waals surface area contributed by atoms with Crippen molar-refractivity contribution in [3.63, 3.8) is 0 Å². The molecule has 2 heterocycles. The van der Waals surface area contributed by atoms with E-state index in [1.54, 1.807) is 24.8 Å². The first-order valence-corrected chi connectivity index (χ1v) is 3.27. The molecule has 0 bridgehead atoms. The Morgan fingerprint density at radius 1 is 1.45 bits per heavy atom. The number of aromatic nitrogens is 2. The number of rotatable bonds is 1. The lowest BCUT2D eigenvalue weighted by Crippen LogP contribution is -1.85. The Hall–Kier alpha value is -1.64. The minimum absolute atomic E-state index is 0.663. The first kappa shape index (κ1) is 6.09. The van der Waals surface area contributed by atoms with Gasteiger partial charge in [-0.2, -0.15) is 0 Å². The summed E-state index contributed by atoms with van der Waals surface area (Å²) in [6.07, 6.45) is 5.98. The molecule has 0 aromatic carbocycles. The topological polar surface area (TPSA) is 34.4 Å². The highest BCUT2D eigenvalue weighted by Crippen LogP contribution is 2.02. The molecule has 0 aliphatic heterocycles. The molecular formula is C8H6N2O. The third-order valence-electron chi connectivity index (χ3n) is 1.57. The Bertz CT molecular complexity index is 392. The number of imidazole rings is 1. The Kier molecular flexibility index (Phi) is 1.22. The zero-order valence-electron chi connectivity index (χ0n) is 5.77. The van der Waals surface area contributed by atoms with E-state index in [0.29, 0.717) is 5.56 Å². The Morgan fingerprint density at radius 3 is 3.18 bits per heavy atom. The van der Waals surface area contributed by atoms with Crippen LogP contribution in [0.15, 0.2) is 30.9 Å². The molecule has 0 spiro atoms. The van der Waals surface area contributed by atoms with Crippen LogP contribution < -0.4 is 0 Å². The Labute approximate surface area is 63.3 Å². The van der Waals surface area contributed by atoms with Gasteiger partial charge in [0, 0.05) is 11.8 Å². The molecule has 0 atom stereocenters. The summed E-state index contributed by atoms with van der Waals surface area (Å²) in [5.41, 5.74) is 1.66. The maximum Gasteiger partial charge on any atom is 0.151 e. The zero-order valence-corrected chi connectivity index (χ0v) is 5.77. The van der Waals surface area contributed by atoms with Gasteiger partial charge in [-0.3, -0.25) is 4.79 Å². The molecule has 0 aliphatic carbocycles. The molecule has 0 saturated carbocycles. The fraction of sp³-hybridized carbons (Fsp3) is 0. The minimum atomic E-state index is 0.663. The lowest BCUT2D eigenvalue weighted by Gasteiger charge is -1.92. The molecule has 0 saturated heterocycles. The average molecular weight is 146 g/mol. The van der Waals surface area contributed by atoms with Gasteiger partial charge in [0.25, 0.3) is 0 Å². The Balaban J connectivity index is 2.76. The molecular weight excluding hydrogens is 140 g/mol. The molecule has 11 heavy (non-hydrogen) atoms. The van der Waals surface area contributed by atoms with Crippen molar-refractivity contribution in [1.82, 2.24) is 9.38 Å². The number of fused-ring (bicyclic) bond motifs is 1. The third kappa shape index (κ3) is 0.902. The number of pyridine rings is 1. The molecule has 2 aromatic heterocycles. The molecule has 0 aliphatic rings. The van der Waals surface area contributed by atoms with Crippen LogP contribution >= 0.6 is 0 Å². The van der Waals surface area contributed by atoms with Gasteiger partial charge in [0.05, 0.1) is 18.0 Å². The van der Waals surface area contributed by atoms with Gasteiger partial charge < -0.3 is 4.40 Å². The fourth-order valence-electron chi connectivity index (χ4n) is 1.01. The fourth-order valence-corrected chi connectivity index (χ4v) is 1.01. The van der Waals surface area contributed by atoms with Crippen molar-refractivity contribution in [2.24, 2.45) is 0 Å². The summed E-state index contributed by atoms with van der Waals surface area (Å²) < 4.78 is 1.81. The van der Waals surface area contributed by atoms with Gasteiger partial charge in [-0.1, -0.05) is 0 Å². The number of carbonyl (C=O) groups is 1. The normalized spacial score (nSPS) is 10.2. The highest BCUT2D eigenvalue weighted by atomic mass is 16.1. The molecule has 0 unspecified atom stereocenters. The van der Waals surface area contributed by atoms with Crippen LogP contribution in [-0.4, -0.2) is 15.7 Å². The van der Waals surface area contributed by atoms with Crippen molar-refractivity contribution in [3.8, 4) is 0 Å². The van der Waals surface area contributed by atoms with Crippen LogP contribution in [0, 0.1) is 0 Å². The van der Waals surface area contributed by atoms with E-state index >= 15 is 0 Å². The number of carbonyl (C=O) groups excluding carboxylic acids is 1. The van der Waals surface area contributed by atoms with Crippen molar-refractivity contribution in [3.05, 3.63) is 36.4 Å². The van der Waals surface area contributed by atoms with Gasteiger partial charge >= 0.3 is 0 Å². The van der Waals surface area contributed by atoms with Crippen LogP contribution in [0.1, 0.15) is 10.4 Å². The summed E-state index contributed by atoms with van der Waals surface area (Å²) >= 11 is 0. The smallest absolute Gasteiger partial charge is 0.151 e. The monoisotopic (exact) mass is 146 g/mol. The van der Waals surface area contributed by atoms with Crippen molar-refractivity contribution in [2.45, 2.75) is 0 Å². The van der Waals surface area contributed by atoms with Gasteiger partial charge in [-0.05, 0) is 12.1 Å². The van der Waals surface area contributed by atoms with Gasteiger partial charge in [-0.15, -0.1) is 0 Å². The van der Waals surface area contributed by atoms with E-state index in [1.807, 2.05) is 10.5 Å². The van der Waals surface area contributed by atoms with E-state index in [0.717, 1.165) is 11.8 Å². The van der Waals surface area contributed by atoms with Crippen LogP contribution in [0.25, 0.3) is 5.52 Å². The van der Waals surface area contributed by atoms with E-state index < -0.39 is 0 Å². The highest BCUT2D eigenvalue weighted by Gasteiger charge is 1.92. The second kappa shape index (κ2) is 2.20.